The predicted molar refractivity (Wildman–Crippen MR) is 120 cm³/mol. The summed E-state index contributed by atoms with van der Waals surface area (Å²) in [6.07, 6.45) is 3.88. The second kappa shape index (κ2) is 9.15. The number of furan rings is 1. The van der Waals surface area contributed by atoms with Crippen LogP contribution in [0.15, 0.2) is 47.0 Å². The standard InChI is InChI=1S/C24H23N3O6/c1-15-18-5-3-4-6-19(18)33-20(15)13-26(2)21(28)9-7-16-11-17-8-10-22(29)27(14-32-24(30)31)23(17)25-12-16/h3-7,9,11-12H,8,10,13-14H2,1-2H3,(H,30,31)/b9-7+. The lowest BCUT2D eigenvalue weighted by molar-refractivity contribution is -0.125. The number of fused-ring (bicyclic) bond motifs is 2. The first-order valence-corrected chi connectivity index (χ1v) is 10.4. The molecule has 1 N–H and O–H groups in total. The molecule has 0 saturated heterocycles. The Morgan fingerprint density at radius 1 is 1.30 bits per heavy atom. The molecule has 0 saturated carbocycles. The van der Waals surface area contributed by atoms with Crippen LogP contribution in [0.25, 0.3) is 17.0 Å². The van der Waals surface area contributed by atoms with Crippen LogP contribution in [0.5, 0.6) is 0 Å². The van der Waals surface area contributed by atoms with Crippen molar-refractivity contribution in [3.05, 3.63) is 65.1 Å². The van der Waals surface area contributed by atoms with Gasteiger partial charge >= 0.3 is 6.16 Å². The Bertz CT molecular complexity index is 1260. The van der Waals surface area contributed by atoms with Gasteiger partial charge in [0.05, 0.1) is 6.54 Å². The number of aromatic nitrogens is 1. The zero-order valence-electron chi connectivity index (χ0n) is 18.3. The molecular formula is C24H23N3O6. The average Bonchev–Trinajstić information content (AvgIpc) is 3.11. The summed E-state index contributed by atoms with van der Waals surface area (Å²) in [4.78, 5) is 42.5. The number of rotatable bonds is 6. The van der Waals surface area contributed by atoms with Crippen molar-refractivity contribution >= 4 is 40.8 Å². The first-order chi connectivity index (χ1) is 15.8. The van der Waals surface area contributed by atoms with Crippen molar-refractivity contribution in [3.8, 4) is 0 Å². The highest BCUT2D eigenvalue weighted by Gasteiger charge is 2.26. The summed E-state index contributed by atoms with van der Waals surface area (Å²) in [6.45, 7) is 1.91. The molecule has 2 aromatic heterocycles. The first-order valence-electron chi connectivity index (χ1n) is 10.4. The zero-order chi connectivity index (χ0) is 23.5. The van der Waals surface area contributed by atoms with E-state index in [0.717, 1.165) is 27.9 Å². The number of hydrogen-bond donors (Lipinski definition) is 1. The molecule has 0 bridgehead atoms. The SMILES string of the molecule is Cc1c(CN(C)C(=O)/C=C/c2cnc3c(c2)CCC(=O)N3COC(=O)O)oc2ccccc12. The number of amides is 2. The summed E-state index contributed by atoms with van der Waals surface area (Å²) in [5, 5.41) is 9.74. The van der Waals surface area contributed by atoms with Gasteiger partial charge in [-0.1, -0.05) is 18.2 Å². The number of benzene rings is 1. The number of para-hydroxylation sites is 1. The third kappa shape index (κ3) is 4.72. The molecule has 1 aliphatic heterocycles. The molecule has 0 atom stereocenters. The Hall–Kier alpha value is -4.14. The number of nitrogens with zero attached hydrogens (tertiary/aromatic N) is 3. The topological polar surface area (TPSA) is 113 Å². The van der Waals surface area contributed by atoms with E-state index in [1.54, 1.807) is 18.0 Å². The van der Waals surface area contributed by atoms with Gasteiger partial charge in [-0.15, -0.1) is 0 Å². The molecule has 9 nitrogen and oxygen atoms in total. The monoisotopic (exact) mass is 449 g/mol. The molecule has 9 heteroatoms. The van der Waals surface area contributed by atoms with Gasteiger partial charge in [-0.25, -0.2) is 9.78 Å². The smallest absolute Gasteiger partial charge is 0.459 e. The number of carbonyl (C=O) groups excluding carboxylic acids is 2. The quantitative estimate of drug-likeness (QED) is 0.450. The van der Waals surface area contributed by atoms with Gasteiger partial charge in [0.2, 0.25) is 11.8 Å². The maximum atomic E-state index is 12.6. The summed E-state index contributed by atoms with van der Waals surface area (Å²) in [5.41, 5.74) is 3.29. The van der Waals surface area contributed by atoms with E-state index in [2.05, 4.69) is 9.72 Å². The molecule has 3 heterocycles. The minimum absolute atomic E-state index is 0.195. The second-order valence-corrected chi connectivity index (χ2v) is 7.79. The highest BCUT2D eigenvalue weighted by atomic mass is 16.7. The number of likely N-dealkylation sites (N-methyl/N-ethyl adjacent to an activating group) is 1. The molecule has 3 aromatic rings. The third-order valence-corrected chi connectivity index (χ3v) is 5.56. The number of ether oxygens (including phenoxy) is 1. The fourth-order valence-corrected chi connectivity index (χ4v) is 3.75. The summed E-state index contributed by atoms with van der Waals surface area (Å²) < 4.78 is 10.4. The van der Waals surface area contributed by atoms with Gasteiger partial charge in [-0.05, 0) is 42.7 Å². The molecule has 0 unspecified atom stereocenters. The van der Waals surface area contributed by atoms with E-state index >= 15 is 0 Å². The molecule has 0 fully saturated rings. The maximum Gasteiger partial charge on any atom is 0.507 e. The van der Waals surface area contributed by atoms with Gasteiger partial charge in [0.25, 0.3) is 0 Å². The van der Waals surface area contributed by atoms with E-state index in [1.807, 2.05) is 37.3 Å². The predicted octanol–water partition coefficient (Wildman–Crippen LogP) is 3.74. The van der Waals surface area contributed by atoms with E-state index in [4.69, 9.17) is 9.52 Å². The van der Waals surface area contributed by atoms with Crippen molar-refractivity contribution < 1.29 is 28.6 Å². The van der Waals surface area contributed by atoms with Crippen molar-refractivity contribution in [1.29, 1.82) is 0 Å². The zero-order valence-corrected chi connectivity index (χ0v) is 18.3. The molecule has 170 valence electrons. The normalized spacial score (nSPS) is 13.4. The van der Waals surface area contributed by atoms with Crippen molar-refractivity contribution in [2.24, 2.45) is 0 Å². The van der Waals surface area contributed by atoms with Crippen molar-refractivity contribution in [2.75, 3.05) is 18.7 Å². The van der Waals surface area contributed by atoms with Gasteiger partial charge < -0.3 is 19.2 Å². The van der Waals surface area contributed by atoms with E-state index in [9.17, 15) is 14.4 Å². The lowest BCUT2D eigenvalue weighted by atomic mass is 10.0. The van der Waals surface area contributed by atoms with Crippen LogP contribution >= 0.6 is 0 Å². The average molecular weight is 449 g/mol. The molecule has 1 aromatic carbocycles. The van der Waals surface area contributed by atoms with Gasteiger partial charge in [-0.2, -0.15) is 0 Å². The van der Waals surface area contributed by atoms with Crippen LogP contribution in [0, 0.1) is 6.92 Å². The Labute approximate surface area is 189 Å². The lowest BCUT2D eigenvalue weighted by Gasteiger charge is -2.27. The Kier molecular flexibility index (Phi) is 6.12. The number of carboxylic acid groups (broad SMARTS) is 1. The van der Waals surface area contributed by atoms with Crippen LogP contribution in [-0.2, 0) is 27.3 Å². The number of anilines is 1. The van der Waals surface area contributed by atoms with E-state index in [0.29, 0.717) is 24.3 Å². The third-order valence-electron chi connectivity index (χ3n) is 5.56. The van der Waals surface area contributed by atoms with Crippen molar-refractivity contribution in [1.82, 2.24) is 9.88 Å². The summed E-state index contributed by atoms with van der Waals surface area (Å²) in [6, 6.07) is 9.58. The van der Waals surface area contributed by atoms with E-state index < -0.39 is 12.9 Å². The number of hydrogen-bond acceptors (Lipinski definition) is 6. The minimum atomic E-state index is -1.46. The fraction of sp³-hybridized carbons (Fsp3) is 0.250. The molecule has 4 rings (SSSR count). The Balaban J connectivity index is 1.45. The fourth-order valence-electron chi connectivity index (χ4n) is 3.75. The molecule has 2 amide bonds. The van der Waals surface area contributed by atoms with Gasteiger partial charge in [0.1, 0.15) is 17.2 Å². The molecule has 33 heavy (non-hydrogen) atoms. The number of carbonyl (C=O) groups is 3. The second-order valence-electron chi connectivity index (χ2n) is 7.79. The minimum Gasteiger partial charge on any atom is -0.459 e. The first kappa shape index (κ1) is 22.1. The van der Waals surface area contributed by atoms with Crippen molar-refractivity contribution in [3.63, 3.8) is 0 Å². The van der Waals surface area contributed by atoms with Crippen LogP contribution in [0.4, 0.5) is 10.6 Å². The molecule has 1 aliphatic rings. The number of aryl methyl sites for hydroxylation is 2. The van der Waals surface area contributed by atoms with Gasteiger partial charge in [-0.3, -0.25) is 14.5 Å². The largest absolute Gasteiger partial charge is 0.507 e. The summed E-state index contributed by atoms with van der Waals surface area (Å²) >= 11 is 0. The highest BCUT2D eigenvalue weighted by molar-refractivity contribution is 5.95. The van der Waals surface area contributed by atoms with Gasteiger partial charge in [0.15, 0.2) is 6.73 Å². The Morgan fingerprint density at radius 2 is 2.09 bits per heavy atom. The van der Waals surface area contributed by atoms with Crippen LogP contribution in [-0.4, -0.2) is 46.7 Å². The van der Waals surface area contributed by atoms with E-state index in [-0.39, 0.29) is 18.2 Å². The number of pyridine rings is 1. The van der Waals surface area contributed by atoms with Crippen LogP contribution in [0.3, 0.4) is 0 Å². The van der Waals surface area contributed by atoms with E-state index in [1.165, 1.54) is 17.2 Å². The lowest BCUT2D eigenvalue weighted by Crippen LogP contribution is -2.38. The molecule has 0 aliphatic carbocycles. The van der Waals surface area contributed by atoms with Crippen LogP contribution < -0.4 is 4.90 Å². The van der Waals surface area contributed by atoms with Gasteiger partial charge in [0, 0.05) is 36.7 Å². The molecule has 0 radical (unpaired) electrons. The van der Waals surface area contributed by atoms with Crippen LogP contribution in [0.1, 0.15) is 28.9 Å². The highest BCUT2D eigenvalue weighted by Crippen LogP contribution is 2.27. The summed E-state index contributed by atoms with van der Waals surface area (Å²) in [7, 11) is 1.70. The van der Waals surface area contributed by atoms with Crippen molar-refractivity contribution in [2.45, 2.75) is 26.3 Å². The Morgan fingerprint density at radius 3 is 2.85 bits per heavy atom. The molecule has 0 spiro atoms. The molecular weight excluding hydrogens is 426 g/mol. The maximum absolute atomic E-state index is 12.6. The summed E-state index contributed by atoms with van der Waals surface area (Å²) in [5.74, 6) is 0.661. The van der Waals surface area contributed by atoms with Crippen LogP contribution in [0.2, 0.25) is 0 Å².